The Morgan fingerprint density at radius 2 is 2.50 bits per heavy atom. The summed E-state index contributed by atoms with van der Waals surface area (Å²) in [4.78, 5) is 0. The first-order valence-electron chi connectivity index (χ1n) is 3.39. The average Bonchev–Trinajstić information content (AvgIpc) is 2.43. The predicted molar refractivity (Wildman–Crippen MR) is 34.3 cm³/mol. The number of fused-ring (bicyclic) bond motifs is 1. The number of allylic oxidation sites excluding steroid dienone is 2. The minimum Gasteiger partial charge on any atom is -0.0819 e. The first kappa shape index (κ1) is 4.60. The molecule has 0 aliphatic heterocycles. The number of hydrogen-bond acceptors (Lipinski definition) is 0. The molecule has 0 amide bonds. The van der Waals surface area contributed by atoms with Crippen molar-refractivity contribution in [3.05, 3.63) is 18.6 Å². The Morgan fingerprint density at radius 3 is 3.12 bits per heavy atom. The molecule has 2 aliphatic rings. The molecule has 1 fully saturated rings. The Kier molecular flexibility index (Phi) is 0.787. The van der Waals surface area contributed by atoms with Gasteiger partial charge >= 0.3 is 0 Å². The predicted octanol–water partition coefficient (Wildman–Crippen LogP) is 2.18. The topological polar surface area (TPSA) is 0 Å². The van der Waals surface area contributed by atoms with E-state index in [1.54, 1.807) is 0 Å². The van der Waals surface area contributed by atoms with Crippen molar-refractivity contribution in [2.24, 2.45) is 11.8 Å². The summed E-state index contributed by atoms with van der Waals surface area (Å²) in [5.74, 6) is 2.02. The summed E-state index contributed by atoms with van der Waals surface area (Å²) in [5.41, 5.74) is 1.38. The van der Waals surface area contributed by atoms with Crippen LogP contribution < -0.4 is 0 Å². The molecule has 2 rings (SSSR count). The van der Waals surface area contributed by atoms with E-state index in [0.717, 1.165) is 11.8 Å². The van der Waals surface area contributed by atoms with Crippen LogP contribution in [0.15, 0.2) is 11.6 Å². The van der Waals surface area contributed by atoms with Crippen LogP contribution in [0.3, 0.4) is 0 Å². The lowest BCUT2D eigenvalue weighted by molar-refractivity contribution is 0.667. The van der Waals surface area contributed by atoms with Gasteiger partial charge in [0.1, 0.15) is 0 Å². The molecule has 0 heteroatoms. The van der Waals surface area contributed by atoms with Crippen molar-refractivity contribution in [3.8, 4) is 0 Å². The van der Waals surface area contributed by atoms with Gasteiger partial charge in [0.05, 0.1) is 0 Å². The van der Waals surface area contributed by atoms with Crippen molar-refractivity contribution < 1.29 is 0 Å². The molecule has 0 aromatic carbocycles. The summed E-state index contributed by atoms with van der Waals surface area (Å²) in [6.45, 7) is 3.94. The third-order valence-electron chi connectivity index (χ3n) is 2.26. The highest BCUT2D eigenvalue weighted by atomic mass is 14.4. The van der Waals surface area contributed by atoms with Gasteiger partial charge in [0.2, 0.25) is 0 Å². The minimum atomic E-state index is 0.955. The Morgan fingerprint density at radius 1 is 1.62 bits per heavy atom. The lowest BCUT2D eigenvalue weighted by Crippen LogP contribution is -1.90. The molecular weight excluding hydrogens is 96.1 g/mol. The second kappa shape index (κ2) is 1.37. The van der Waals surface area contributed by atoms with E-state index in [-0.39, 0.29) is 0 Å². The highest BCUT2D eigenvalue weighted by Crippen LogP contribution is 2.47. The van der Waals surface area contributed by atoms with Gasteiger partial charge in [-0.25, -0.2) is 0 Å². The Labute approximate surface area is 50.6 Å². The first-order valence-corrected chi connectivity index (χ1v) is 3.39. The summed E-state index contributed by atoms with van der Waals surface area (Å²) >= 11 is 0. The molecule has 2 unspecified atom stereocenters. The highest BCUT2D eigenvalue weighted by Gasteiger charge is 2.36. The van der Waals surface area contributed by atoms with Crippen LogP contribution in [0.5, 0.6) is 0 Å². The fourth-order valence-corrected chi connectivity index (χ4v) is 1.56. The standard InChI is InChI=1S/C8H11/c1-6-2-3-7-5-8(7)4-6/h4,7-8H,1-3,5H2. The van der Waals surface area contributed by atoms with Gasteiger partial charge in [-0.05, 0) is 38.0 Å². The molecule has 1 radical (unpaired) electrons. The maximum Gasteiger partial charge on any atom is -0.0199 e. The van der Waals surface area contributed by atoms with Crippen molar-refractivity contribution in [2.75, 3.05) is 0 Å². The second-order valence-electron chi connectivity index (χ2n) is 3.02. The van der Waals surface area contributed by atoms with E-state index in [1.165, 1.54) is 24.8 Å². The van der Waals surface area contributed by atoms with Crippen molar-refractivity contribution in [1.29, 1.82) is 0 Å². The SMILES string of the molecule is [CH2]C1=CC2CC2CC1. The minimum absolute atomic E-state index is 0.955. The largest absolute Gasteiger partial charge is 0.0819 e. The molecule has 2 atom stereocenters. The van der Waals surface area contributed by atoms with Crippen LogP contribution in [0, 0.1) is 18.8 Å². The van der Waals surface area contributed by atoms with Crippen molar-refractivity contribution in [3.63, 3.8) is 0 Å². The van der Waals surface area contributed by atoms with Crippen molar-refractivity contribution in [2.45, 2.75) is 19.3 Å². The molecule has 43 valence electrons. The molecule has 0 aromatic rings. The summed E-state index contributed by atoms with van der Waals surface area (Å²) < 4.78 is 0. The van der Waals surface area contributed by atoms with Gasteiger partial charge in [-0.1, -0.05) is 11.6 Å². The highest BCUT2D eigenvalue weighted by molar-refractivity contribution is 5.17. The molecule has 0 N–H and O–H groups in total. The van der Waals surface area contributed by atoms with Crippen LogP contribution in [0.25, 0.3) is 0 Å². The van der Waals surface area contributed by atoms with Crippen LogP contribution in [0.2, 0.25) is 0 Å². The number of hydrogen-bond donors (Lipinski definition) is 0. The Hall–Kier alpha value is -0.260. The monoisotopic (exact) mass is 107 g/mol. The summed E-state index contributed by atoms with van der Waals surface area (Å²) in [7, 11) is 0. The lowest BCUT2D eigenvalue weighted by atomic mass is 10.0. The van der Waals surface area contributed by atoms with Crippen LogP contribution in [0.1, 0.15) is 19.3 Å². The molecule has 0 heterocycles. The van der Waals surface area contributed by atoms with E-state index in [1.807, 2.05) is 0 Å². The van der Waals surface area contributed by atoms with Crippen molar-refractivity contribution >= 4 is 0 Å². The maximum atomic E-state index is 3.94. The van der Waals surface area contributed by atoms with Gasteiger partial charge in [-0.2, -0.15) is 0 Å². The van der Waals surface area contributed by atoms with Gasteiger partial charge < -0.3 is 0 Å². The van der Waals surface area contributed by atoms with Gasteiger partial charge in [0.25, 0.3) is 0 Å². The Balaban J connectivity index is 2.15. The van der Waals surface area contributed by atoms with Crippen LogP contribution in [0.4, 0.5) is 0 Å². The number of rotatable bonds is 0. The molecule has 2 aliphatic carbocycles. The van der Waals surface area contributed by atoms with E-state index in [9.17, 15) is 0 Å². The van der Waals surface area contributed by atoms with Crippen LogP contribution in [-0.4, -0.2) is 0 Å². The third kappa shape index (κ3) is 0.594. The molecule has 8 heavy (non-hydrogen) atoms. The second-order valence-corrected chi connectivity index (χ2v) is 3.02. The van der Waals surface area contributed by atoms with Crippen LogP contribution in [-0.2, 0) is 0 Å². The average molecular weight is 107 g/mol. The molecular formula is C8H11. The van der Waals surface area contributed by atoms with Gasteiger partial charge in [-0.3, -0.25) is 0 Å². The van der Waals surface area contributed by atoms with Gasteiger partial charge in [-0.15, -0.1) is 0 Å². The zero-order chi connectivity index (χ0) is 5.56. The molecule has 0 saturated heterocycles. The van der Waals surface area contributed by atoms with E-state index in [0.29, 0.717) is 0 Å². The van der Waals surface area contributed by atoms with Crippen molar-refractivity contribution in [1.82, 2.24) is 0 Å². The fraction of sp³-hybridized carbons (Fsp3) is 0.625. The zero-order valence-corrected chi connectivity index (χ0v) is 5.06. The normalized spacial score (nSPS) is 42.9. The molecule has 1 saturated carbocycles. The van der Waals surface area contributed by atoms with E-state index < -0.39 is 0 Å². The molecule has 0 aromatic heterocycles. The Bertz CT molecular complexity index is 133. The molecule has 0 nitrogen and oxygen atoms in total. The van der Waals surface area contributed by atoms with Crippen LogP contribution >= 0.6 is 0 Å². The summed E-state index contributed by atoms with van der Waals surface area (Å²) in [5, 5.41) is 0. The van der Waals surface area contributed by atoms with Gasteiger partial charge in [0.15, 0.2) is 0 Å². The summed E-state index contributed by atoms with van der Waals surface area (Å²) in [6, 6.07) is 0. The maximum absolute atomic E-state index is 3.94. The molecule has 0 spiro atoms. The zero-order valence-electron chi connectivity index (χ0n) is 5.06. The lowest BCUT2D eigenvalue weighted by Gasteiger charge is -2.04. The fourth-order valence-electron chi connectivity index (χ4n) is 1.56. The third-order valence-corrected chi connectivity index (χ3v) is 2.26. The van der Waals surface area contributed by atoms with E-state index in [4.69, 9.17) is 0 Å². The quantitative estimate of drug-likeness (QED) is 0.445. The smallest absolute Gasteiger partial charge is 0.0199 e. The summed E-state index contributed by atoms with van der Waals surface area (Å²) in [6.07, 6.45) is 6.49. The first-order chi connectivity index (χ1) is 3.86. The van der Waals surface area contributed by atoms with E-state index >= 15 is 0 Å². The molecule has 0 bridgehead atoms. The van der Waals surface area contributed by atoms with E-state index in [2.05, 4.69) is 13.0 Å². The van der Waals surface area contributed by atoms with Gasteiger partial charge in [0, 0.05) is 0 Å².